The molecule has 7 rings (SSSR count). The van der Waals surface area contributed by atoms with E-state index in [0.717, 1.165) is 60.4 Å². The normalized spacial score (nSPS) is 22.1. The van der Waals surface area contributed by atoms with Crippen LogP contribution in [0.5, 0.6) is 0 Å². The Hall–Kier alpha value is -3.89. The van der Waals surface area contributed by atoms with Gasteiger partial charge in [0.25, 0.3) is 0 Å². The van der Waals surface area contributed by atoms with Crippen molar-refractivity contribution in [3.8, 4) is 34.4 Å². The number of anilines is 1. The van der Waals surface area contributed by atoms with Crippen molar-refractivity contribution in [2.24, 2.45) is 11.8 Å². The van der Waals surface area contributed by atoms with Gasteiger partial charge in [-0.05, 0) is 98.0 Å². The predicted octanol–water partition coefficient (Wildman–Crippen LogP) is 5.63. The van der Waals surface area contributed by atoms with Crippen LogP contribution in [0.3, 0.4) is 0 Å². The fraction of sp³-hybridized carbons (Fsp3) is 0.406. The van der Waals surface area contributed by atoms with Gasteiger partial charge in [0.15, 0.2) is 5.82 Å². The smallest absolute Gasteiger partial charge is 0.185 e. The second-order valence-corrected chi connectivity index (χ2v) is 11.7. The van der Waals surface area contributed by atoms with Crippen LogP contribution in [0, 0.1) is 23.2 Å². The van der Waals surface area contributed by atoms with Crippen LogP contribution in [0.1, 0.15) is 50.2 Å². The molecule has 2 aromatic heterocycles. The Labute approximate surface area is 230 Å². The SMILES string of the molecule is C[C@H]1CC[C@H](NC[C@H]2CCN(c3ccc4c(c3)Cn3cc(-c5ccc(C#N)cc5)cc3-c3nncn3-4)C2)CC1. The fourth-order valence-corrected chi connectivity index (χ4v) is 6.65. The molecule has 4 heterocycles. The summed E-state index contributed by atoms with van der Waals surface area (Å²) in [7, 11) is 0. The molecule has 39 heavy (non-hydrogen) atoms. The zero-order valence-corrected chi connectivity index (χ0v) is 22.6. The van der Waals surface area contributed by atoms with E-state index in [2.05, 4.69) is 73.0 Å². The molecule has 1 N–H and O–H groups in total. The minimum absolute atomic E-state index is 0.671. The van der Waals surface area contributed by atoms with Gasteiger partial charge in [-0.3, -0.25) is 4.57 Å². The third-order valence-corrected chi connectivity index (χ3v) is 9.05. The van der Waals surface area contributed by atoms with Crippen LogP contribution in [0.2, 0.25) is 0 Å². The first-order valence-corrected chi connectivity index (χ1v) is 14.4. The van der Waals surface area contributed by atoms with Crippen LogP contribution in [0.4, 0.5) is 5.69 Å². The summed E-state index contributed by atoms with van der Waals surface area (Å²) in [5.41, 5.74) is 7.65. The summed E-state index contributed by atoms with van der Waals surface area (Å²) in [4.78, 5) is 2.56. The Bertz CT molecular complexity index is 1510. The van der Waals surface area contributed by atoms with Gasteiger partial charge in [-0.25, -0.2) is 0 Å². The Morgan fingerprint density at radius 3 is 2.67 bits per heavy atom. The molecular weight excluding hydrogens is 482 g/mol. The van der Waals surface area contributed by atoms with Gasteiger partial charge < -0.3 is 14.8 Å². The third-order valence-electron chi connectivity index (χ3n) is 9.05. The van der Waals surface area contributed by atoms with Gasteiger partial charge in [-0.2, -0.15) is 5.26 Å². The van der Waals surface area contributed by atoms with Crippen LogP contribution in [0.25, 0.3) is 28.3 Å². The number of rotatable bonds is 5. The van der Waals surface area contributed by atoms with Crippen molar-refractivity contribution in [1.82, 2.24) is 24.6 Å². The standard InChI is InChI=1S/C32H35N7/c1-22-2-8-28(9-3-22)34-17-24-12-13-37(18-24)29-10-11-30-27(14-29)20-38-19-26(25-6-4-23(16-33)5-7-25)15-31(38)32-36-35-21-39(30)32/h4-7,10-11,14-15,19,21-22,24,28,34H,2-3,8-9,12-13,17-18,20H2,1H3/t22-,24-,28-/m1/s1. The van der Waals surface area contributed by atoms with Gasteiger partial charge in [-0.1, -0.05) is 19.1 Å². The summed E-state index contributed by atoms with van der Waals surface area (Å²) in [6.45, 7) is 6.53. The number of nitriles is 1. The molecule has 0 unspecified atom stereocenters. The van der Waals surface area contributed by atoms with E-state index in [1.165, 1.54) is 43.4 Å². The molecule has 3 aliphatic rings. The molecule has 1 aliphatic carbocycles. The number of fused-ring (bicyclic) bond motifs is 5. The Balaban J connectivity index is 1.11. The van der Waals surface area contributed by atoms with E-state index in [-0.39, 0.29) is 0 Å². The van der Waals surface area contributed by atoms with E-state index in [4.69, 9.17) is 5.26 Å². The van der Waals surface area contributed by atoms with Crippen molar-refractivity contribution in [2.75, 3.05) is 24.5 Å². The molecule has 1 saturated carbocycles. The summed E-state index contributed by atoms with van der Waals surface area (Å²) in [6.07, 6.45) is 10.7. The second-order valence-electron chi connectivity index (χ2n) is 11.7. The highest BCUT2D eigenvalue weighted by Crippen LogP contribution is 2.36. The van der Waals surface area contributed by atoms with E-state index in [9.17, 15) is 0 Å². The highest BCUT2D eigenvalue weighted by atomic mass is 15.3. The average Bonchev–Trinajstić information content (AvgIpc) is 3.72. The summed E-state index contributed by atoms with van der Waals surface area (Å²) in [5, 5.41) is 21.8. The van der Waals surface area contributed by atoms with Crippen LogP contribution < -0.4 is 10.2 Å². The van der Waals surface area contributed by atoms with Crippen molar-refractivity contribution in [2.45, 2.75) is 51.6 Å². The highest BCUT2D eigenvalue weighted by molar-refractivity contribution is 5.72. The maximum atomic E-state index is 9.17. The number of nitrogens with zero attached hydrogens (tertiary/aromatic N) is 6. The minimum atomic E-state index is 0.671. The molecule has 2 fully saturated rings. The van der Waals surface area contributed by atoms with Crippen LogP contribution >= 0.6 is 0 Å². The van der Waals surface area contributed by atoms with E-state index < -0.39 is 0 Å². The van der Waals surface area contributed by atoms with E-state index in [0.29, 0.717) is 17.5 Å². The van der Waals surface area contributed by atoms with Crippen molar-refractivity contribution >= 4 is 5.69 Å². The number of hydrogen-bond acceptors (Lipinski definition) is 5. The van der Waals surface area contributed by atoms with Gasteiger partial charge in [0.2, 0.25) is 0 Å². The van der Waals surface area contributed by atoms with Gasteiger partial charge in [-0.15, -0.1) is 10.2 Å². The van der Waals surface area contributed by atoms with Gasteiger partial charge >= 0.3 is 0 Å². The average molecular weight is 518 g/mol. The van der Waals surface area contributed by atoms with E-state index >= 15 is 0 Å². The van der Waals surface area contributed by atoms with Gasteiger partial charge in [0.1, 0.15) is 6.33 Å². The van der Waals surface area contributed by atoms with Crippen molar-refractivity contribution in [1.29, 1.82) is 5.26 Å². The first-order valence-electron chi connectivity index (χ1n) is 14.4. The van der Waals surface area contributed by atoms with Gasteiger partial charge in [0.05, 0.1) is 23.0 Å². The second kappa shape index (κ2) is 10.0. The monoisotopic (exact) mass is 517 g/mol. The lowest BCUT2D eigenvalue weighted by Gasteiger charge is -2.28. The molecule has 0 radical (unpaired) electrons. The summed E-state index contributed by atoms with van der Waals surface area (Å²) >= 11 is 0. The van der Waals surface area contributed by atoms with Crippen LogP contribution in [-0.4, -0.2) is 45.0 Å². The lowest BCUT2D eigenvalue weighted by atomic mass is 9.87. The molecular formula is C32H35N7. The number of hydrogen-bond donors (Lipinski definition) is 1. The third kappa shape index (κ3) is 4.63. The molecule has 4 aromatic rings. The zero-order chi connectivity index (χ0) is 26.3. The molecule has 198 valence electrons. The lowest BCUT2D eigenvalue weighted by Crippen LogP contribution is -2.36. The van der Waals surface area contributed by atoms with Crippen molar-refractivity contribution in [3.05, 3.63) is 72.2 Å². The number of benzene rings is 2. The van der Waals surface area contributed by atoms with Crippen molar-refractivity contribution in [3.63, 3.8) is 0 Å². The topological polar surface area (TPSA) is 74.7 Å². The van der Waals surface area contributed by atoms with E-state index in [1.807, 2.05) is 30.6 Å². The largest absolute Gasteiger partial charge is 0.371 e. The molecule has 2 aliphatic heterocycles. The van der Waals surface area contributed by atoms with Crippen molar-refractivity contribution < 1.29 is 0 Å². The van der Waals surface area contributed by atoms with Crippen LogP contribution in [0.15, 0.2) is 61.1 Å². The molecule has 7 nitrogen and oxygen atoms in total. The van der Waals surface area contributed by atoms with E-state index in [1.54, 1.807) is 0 Å². The molecule has 0 amide bonds. The first-order chi connectivity index (χ1) is 19.1. The molecule has 7 heteroatoms. The summed E-state index contributed by atoms with van der Waals surface area (Å²) in [5.74, 6) is 2.46. The quantitative estimate of drug-likeness (QED) is 0.327. The summed E-state index contributed by atoms with van der Waals surface area (Å²) in [6, 6.07) is 19.7. The van der Waals surface area contributed by atoms with Crippen LogP contribution in [-0.2, 0) is 6.54 Å². The zero-order valence-electron chi connectivity index (χ0n) is 22.6. The Kier molecular flexibility index (Phi) is 6.21. The molecule has 1 saturated heterocycles. The lowest BCUT2D eigenvalue weighted by molar-refractivity contribution is 0.297. The fourth-order valence-electron chi connectivity index (χ4n) is 6.65. The number of nitrogens with one attached hydrogen (secondary N) is 1. The highest BCUT2D eigenvalue weighted by Gasteiger charge is 2.27. The molecule has 0 spiro atoms. The summed E-state index contributed by atoms with van der Waals surface area (Å²) < 4.78 is 4.40. The number of aromatic nitrogens is 4. The molecule has 0 bridgehead atoms. The molecule has 2 aromatic carbocycles. The minimum Gasteiger partial charge on any atom is -0.371 e. The predicted molar refractivity (Wildman–Crippen MR) is 154 cm³/mol. The van der Waals surface area contributed by atoms with Gasteiger partial charge in [0, 0.05) is 43.1 Å². The Morgan fingerprint density at radius 1 is 1.00 bits per heavy atom. The molecule has 1 atom stereocenters. The maximum absolute atomic E-state index is 9.17. The first kappa shape index (κ1) is 24.2. The Morgan fingerprint density at radius 2 is 1.85 bits per heavy atom. The maximum Gasteiger partial charge on any atom is 0.185 e.